The molecule has 0 aliphatic heterocycles. The quantitative estimate of drug-likeness (QED) is 0.875. The van der Waals surface area contributed by atoms with Crippen LogP contribution in [0.25, 0.3) is 0 Å². The molecule has 0 heterocycles. The number of benzene rings is 2. The fraction of sp³-hybridized carbons (Fsp3) is 0.294. The number of anilines is 1. The molecule has 1 atom stereocenters. The smallest absolute Gasteiger partial charge is 0.122 e. The summed E-state index contributed by atoms with van der Waals surface area (Å²) in [6.45, 7) is 2.85. The van der Waals surface area contributed by atoms with Crippen LogP contribution in [0.15, 0.2) is 48.5 Å². The van der Waals surface area contributed by atoms with Crippen molar-refractivity contribution in [2.75, 3.05) is 19.0 Å². The number of nitrogens with zero attached hydrogens (tertiary/aromatic N) is 1. The molecule has 0 spiro atoms. The van der Waals surface area contributed by atoms with Gasteiger partial charge in [0.1, 0.15) is 5.75 Å². The highest BCUT2D eigenvalue weighted by atomic mass is 16.3. The minimum absolute atomic E-state index is 0.142. The summed E-state index contributed by atoms with van der Waals surface area (Å²) in [4.78, 5) is 2.13. The second kappa shape index (κ2) is 6.44. The van der Waals surface area contributed by atoms with E-state index < -0.39 is 0 Å². The normalized spacial score (nSPS) is 12.2. The van der Waals surface area contributed by atoms with Crippen LogP contribution in [0.3, 0.4) is 0 Å². The Hall–Kier alpha value is -2.00. The molecule has 106 valence electrons. The average molecular weight is 270 g/mol. The monoisotopic (exact) mass is 270 g/mol. The molecule has 0 saturated heterocycles. The van der Waals surface area contributed by atoms with Crippen LogP contribution in [-0.4, -0.2) is 19.2 Å². The molecule has 0 fully saturated rings. The van der Waals surface area contributed by atoms with Gasteiger partial charge in [-0.1, -0.05) is 36.4 Å². The van der Waals surface area contributed by atoms with Gasteiger partial charge >= 0.3 is 0 Å². The second-order valence-corrected chi connectivity index (χ2v) is 5.10. The zero-order valence-corrected chi connectivity index (χ0v) is 12.3. The Morgan fingerprint density at radius 2 is 1.85 bits per heavy atom. The highest BCUT2D eigenvalue weighted by Crippen LogP contribution is 2.29. The lowest BCUT2D eigenvalue weighted by molar-refractivity contribution is 0.458. The zero-order chi connectivity index (χ0) is 14.5. The predicted octanol–water partition coefficient (Wildman–Crippen LogP) is 3.31. The third-order valence-corrected chi connectivity index (χ3v) is 3.62. The Morgan fingerprint density at radius 3 is 2.45 bits per heavy atom. The summed E-state index contributed by atoms with van der Waals surface area (Å²) in [6.07, 6.45) is 0. The summed E-state index contributed by atoms with van der Waals surface area (Å²) in [5, 5.41) is 13.3. The third-order valence-electron chi connectivity index (χ3n) is 3.62. The molecular weight excluding hydrogens is 248 g/mol. The Balaban J connectivity index is 2.15. The number of nitrogens with one attached hydrogen (secondary N) is 1. The van der Waals surface area contributed by atoms with E-state index in [1.807, 2.05) is 57.4 Å². The minimum atomic E-state index is 0.142. The number of phenols is 1. The van der Waals surface area contributed by atoms with Crippen LogP contribution >= 0.6 is 0 Å². The SMILES string of the molecule is CNC(C)c1ccc(N(C)Cc2ccccc2)cc1O. The molecule has 0 amide bonds. The molecule has 0 saturated carbocycles. The molecule has 0 radical (unpaired) electrons. The van der Waals surface area contributed by atoms with Crippen molar-refractivity contribution in [3.8, 4) is 5.75 Å². The molecule has 2 aromatic carbocycles. The molecule has 0 aromatic heterocycles. The van der Waals surface area contributed by atoms with Crippen LogP contribution in [0, 0.1) is 0 Å². The van der Waals surface area contributed by atoms with Crippen molar-refractivity contribution in [2.45, 2.75) is 19.5 Å². The Morgan fingerprint density at radius 1 is 1.15 bits per heavy atom. The lowest BCUT2D eigenvalue weighted by Gasteiger charge is -2.21. The zero-order valence-electron chi connectivity index (χ0n) is 12.3. The van der Waals surface area contributed by atoms with Crippen molar-refractivity contribution in [2.24, 2.45) is 0 Å². The van der Waals surface area contributed by atoms with E-state index in [4.69, 9.17) is 0 Å². The van der Waals surface area contributed by atoms with E-state index in [-0.39, 0.29) is 6.04 Å². The van der Waals surface area contributed by atoms with E-state index in [1.54, 1.807) is 0 Å². The molecule has 0 bridgehead atoms. The van der Waals surface area contributed by atoms with Gasteiger partial charge in [0.2, 0.25) is 0 Å². The van der Waals surface area contributed by atoms with Gasteiger partial charge in [0.25, 0.3) is 0 Å². The van der Waals surface area contributed by atoms with Gasteiger partial charge < -0.3 is 15.3 Å². The number of rotatable bonds is 5. The largest absolute Gasteiger partial charge is 0.508 e. The first-order valence-electron chi connectivity index (χ1n) is 6.87. The first-order valence-corrected chi connectivity index (χ1v) is 6.87. The van der Waals surface area contributed by atoms with Crippen LogP contribution in [0.5, 0.6) is 5.75 Å². The summed E-state index contributed by atoms with van der Waals surface area (Å²) in [5.41, 5.74) is 3.19. The van der Waals surface area contributed by atoms with Gasteiger partial charge in [0.05, 0.1) is 0 Å². The van der Waals surface area contributed by atoms with Crippen molar-refractivity contribution in [1.82, 2.24) is 5.32 Å². The maximum atomic E-state index is 10.1. The highest BCUT2D eigenvalue weighted by Gasteiger charge is 2.10. The lowest BCUT2D eigenvalue weighted by atomic mass is 10.1. The van der Waals surface area contributed by atoms with Gasteiger partial charge in [-0.2, -0.15) is 0 Å². The van der Waals surface area contributed by atoms with Gasteiger partial charge in [-0.15, -0.1) is 0 Å². The Labute approximate surface area is 120 Å². The summed E-state index contributed by atoms with van der Waals surface area (Å²) >= 11 is 0. The second-order valence-electron chi connectivity index (χ2n) is 5.10. The predicted molar refractivity (Wildman–Crippen MR) is 84.1 cm³/mol. The fourth-order valence-electron chi connectivity index (χ4n) is 2.24. The van der Waals surface area contributed by atoms with Gasteiger partial charge in [-0.25, -0.2) is 0 Å². The summed E-state index contributed by atoms with van der Waals surface area (Å²) in [7, 11) is 3.92. The first kappa shape index (κ1) is 14.4. The molecule has 20 heavy (non-hydrogen) atoms. The molecule has 2 rings (SSSR count). The van der Waals surface area contributed by atoms with Gasteiger partial charge in [0.15, 0.2) is 0 Å². The lowest BCUT2D eigenvalue weighted by Crippen LogP contribution is -2.17. The number of hydrogen-bond donors (Lipinski definition) is 2. The van der Waals surface area contributed by atoms with Crippen LogP contribution in [-0.2, 0) is 6.54 Å². The molecule has 2 N–H and O–H groups in total. The Bertz CT molecular complexity index is 554. The first-order chi connectivity index (χ1) is 9.61. The molecule has 2 aromatic rings. The van der Waals surface area contributed by atoms with Gasteiger partial charge in [-0.05, 0) is 25.6 Å². The van der Waals surface area contributed by atoms with Crippen molar-refractivity contribution >= 4 is 5.69 Å². The summed E-state index contributed by atoms with van der Waals surface area (Å²) < 4.78 is 0. The molecule has 0 aliphatic carbocycles. The van der Waals surface area contributed by atoms with Crippen LogP contribution in [0.1, 0.15) is 24.1 Å². The number of phenolic OH excluding ortho intramolecular Hbond substituents is 1. The van der Waals surface area contributed by atoms with E-state index >= 15 is 0 Å². The van der Waals surface area contributed by atoms with Crippen molar-refractivity contribution < 1.29 is 5.11 Å². The van der Waals surface area contributed by atoms with E-state index in [0.717, 1.165) is 17.8 Å². The molecular formula is C17H22N2O. The molecule has 3 heteroatoms. The van der Waals surface area contributed by atoms with Crippen LogP contribution < -0.4 is 10.2 Å². The minimum Gasteiger partial charge on any atom is -0.508 e. The highest BCUT2D eigenvalue weighted by molar-refractivity contribution is 5.53. The third kappa shape index (κ3) is 3.31. The standard InChI is InChI=1S/C17H22N2O/c1-13(18-2)16-10-9-15(11-17(16)20)19(3)12-14-7-5-4-6-8-14/h4-11,13,18,20H,12H2,1-3H3. The summed E-state index contributed by atoms with van der Waals surface area (Å²) in [6, 6.07) is 16.3. The average Bonchev–Trinajstić information content (AvgIpc) is 2.47. The van der Waals surface area contributed by atoms with E-state index in [9.17, 15) is 5.11 Å². The maximum Gasteiger partial charge on any atom is 0.122 e. The topological polar surface area (TPSA) is 35.5 Å². The maximum absolute atomic E-state index is 10.1. The van der Waals surface area contributed by atoms with E-state index in [1.165, 1.54) is 5.56 Å². The molecule has 1 unspecified atom stereocenters. The Kier molecular flexibility index (Phi) is 4.64. The van der Waals surface area contributed by atoms with E-state index in [0.29, 0.717) is 5.75 Å². The van der Waals surface area contributed by atoms with Crippen molar-refractivity contribution in [3.63, 3.8) is 0 Å². The van der Waals surface area contributed by atoms with Crippen LogP contribution in [0.4, 0.5) is 5.69 Å². The van der Waals surface area contributed by atoms with Crippen molar-refractivity contribution in [1.29, 1.82) is 0 Å². The number of hydrogen-bond acceptors (Lipinski definition) is 3. The van der Waals surface area contributed by atoms with Gasteiger partial charge in [-0.3, -0.25) is 0 Å². The fourth-order valence-corrected chi connectivity index (χ4v) is 2.24. The van der Waals surface area contributed by atoms with E-state index in [2.05, 4.69) is 22.3 Å². The molecule has 0 aliphatic rings. The molecule has 3 nitrogen and oxygen atoms in total. The number of aromatic hydroxyl groups is 1. The van der Waals surface area contributed by atoms with Gasteiger partial charge in [0, 0.05) is 37.0 Å². The van der Waals surface area contributed by atoms with Crippen molar-refractivity contribution in [3.05, 3.63) is 59.7 Å². The summed E-state index contributed by atoms with van der Waals surface area (Å²) in [5.74, 6) is 0.337. The van der Waals surface area contributed by atoms with Crippen LogP contribution in [0.2, 0.25) is 0 Å².